The molecule has 29 heavy (non-hydrogen) atoms. The SMILES string of the molecule is Cc1ccc(CC(=O)N(CCCN(C)C)c2nc3ccc(Cl)cc3s2)cc1C.Cl. The molecule has 2 aromatic carbocycles. The molecule has 0 spiro atoms. The zero-order valence-electron chi connectivity index (χ0n) is 17.2. The lowest BCUT2D eigenvalue weighted by Gasteiger charge is -2.21. The molecule has 0 aliphatic carbocycles. The van der Waals surface area contributed by atoms with Crippen LogP contribution in [-0.2, 0) is 11.2 Å². The van der Waals surface area contributed by atoms with E-state index in [0.29, 0.717) is 18.0 Å². The standard InChI is InChI=1S/C22H26ClN3OS.ClH/c1-15-6-7-17(12-16(15)2)13-21(27)26(11-5-10-25(3)4)22-24-19-9-8-18(23)14-20(19)28-22;/h6-9,12,14H,5,10-11,13H2,1-4H3;1H. The van der Waals surface area contributed by atoms with Gasteiger partial charge in [0.15, 0.2) is 5.13 Å². The van der Waals surface area contributed by atoms with Gasteiger partial charge in [0, 0.05) is 11.6 Å². The van der Waals surface area contributed by atoms with Crippen molar-refractivity contribution in [3.63, 3.8) is 0 Å². The molecule has 3 rings (SSSR count). The second kappa shape index (κ2) is 10.4. The topological polar surface area (TPSA) is 36.4 Å². The molecule has 0 aliphatic heterocycles. The first kappa shape index (κ1) is 23.6. The maximum atomic E-state index is 13.2. The maximum Gasteiger partial charge on any atom is 0.233 e. The van der Waals surface area contributed by atoms with Crippen LogP contribution in [0.5, 0.6) is 0 Å². The number of carbonyl (C=O) groups is 1. The third-order valence-corrected chi connectivity index (χ3v) is 6.06. The Hall–Kier alpha value is -1.66. The normalized spacial score (nSPS) is 11.0. The largest absolute Gasteiger partial charge is 0.309 e. The van der Waals surface area contributed by atoms with Gasteiger partial charge in [-0.25, -0.2) is 4.98 Å². The molecule has 0 radical (unpaired) electrons. The zero-order valence-corrected chi connectivity index (χ0v) is 19.6. The summed E-state index contributed by atoms with van der Waals surface area (Å²) in [5.41, 5.74) is 4.36. The summed E-state index contributed by atoms with van der Waals surface area (Å²) in [4.78, 5) is 21.8. The van der Waals surface area contributed by atoms with Gasteiger partial charge in [0.05, 0.1) is 16.6 Å². The van der Waals surface area contributed by atoms with Crippen molar-refractivity contribution in [1.29, 1.82) is 0 Å². The first-order valence-electron chi connectivity index (χ1n) is 9.41. The molecule has 0 saturated heterocycles. The number of hydrogen-bond acceptors (Lipinski definition) is 4. The quantitative estimate of drug-likeness (QED) is 0.474. The lowest BCUT2D eigenvalue weighted by molar-refractivity contribution is -0.118. The number of aryl methyl sites for hydroxylation is 2. The number of anilines is 1. The third-order valence-electron chi connectivity index (χ3n) is 4.78. The van der Waals surface area contributed by atoms with E-state index in [-0.39, 0.29) is 18.3 Å². The van der Waals surface area contributed by atoms with Gasteiger partial charge in [0.1, 0.15) is 0 Å². The first-order chi connectivity index (χ1) is 13.3. The van der Waals surface area contributed by atoms with Gasteiger partial charge in [-0.05, 0) is 75.8 Å². The molecule has 0 aliphatic rings. The molecule has 7 heteroatoms. The molecule has 3 aromatic rings. The fourth-order valence-corrected chi connectivity index (χ4v) is 4.34. The Morgan fingerprint density at radius 2 is 1.83 bits per heavy atom. The van der Waals surface area contributed by atoms with Crippen LogP contribution >= 0.6 is 35.3 Å². The molecule has 1 aromatic heterocycles. The minimum atomic E-state index is 0. The van der Waals surface area contributed by atoms with Crippen molar-refractivity contribution in [3.05, 3.63) is 58.1 Å². The summed E-state index contributed by atoms with van der Waals surface area (Å²) >= 11 is 7.63. The van der Waals surface area contributed by atoms with Crippen LogP contribution in [0, 0.1) is 13.8 Å². The van der Waals surface area contributed by atoms with Crippen molar-refractivity contribution in [2.75, 3.05) is 32.1 Å². The number of hydrogen-bond donors (Lipinski definition) is 0. The minimum absolute atomic E-state index is 0. The average molecular weight is 452 g/mol. The van der Waals surface area contributed by atoms with Gasteiger partial charge in [-0.1, -0.05) is 41.1 Å². The number of thiazole rings is 1. The Morgan fingerprint density at radius 1 is 1.07 bits per heavy atom. The second-order valence-electron chi connectivity index (χ2n) is 7.41. The van der Waals surface area contributed by atoms with Crippen molar-refractivity contribution in [3.8, 4) is 0 Å². The fraction of sp³-hybridized carbons (Fsp3) is 0.364. The van der Waals surface area contributed by atoms with Crippen LogP contribution in [0.25, 0.3) is 10.2 Å². The first-order valence-corrected chi connectivity index (χ1v) is 10.6. The number of carbonyl (C=O) groups excluding carboxylic acids is 1. The molecular formula is C22H27Cl2N3OS. The van der Waals surface area contributed by atoms with Crippen LogP contribution in [0.3, 0.4) is 0 Å². The van der Waals surface area contributed by atoms with E-state index >= 15 is 0 Å². The van der Waals surface area contributed by atoms with Crippen LogP contribution in [-0.4, -0.2) is 43.0 Å². The minimum Gasteiger partial charge on any atom is -0.309 e. The molecule has 0 unspecified atom stereocenters. The summed E-state index contributed by atoms with van der Waals surface area (Å²) in [6.45, 7) is 5.73. The van der Waals surface area contributed by atoms with Gasteiger partial charge in [0.25, 0.3) is 0 Å². The number of aromatic nitrogens is 1. The average Bonchev–Trinajstić information content (AvgIpc) is 3.04. The summed E-state index contributed by atoms with van der Waals surface area (Å²) in [5, 5.41) is 1.42. The van der Waals surface area contributed by atoms with Crippen molar-refractivity contribution in [2.45, 2.75) is 26.7 Å². The van der Waals surface area contributed by atoms with E-state index in [2.05, 4.69) is 30.9 Å². The lowest BCUT2D eigenvalue weighted by Crippen LogP contribution is -2.34. The van der Waals surface area contributed by atoms with Gasteiger partial charge in [-0.15, -0.1) is 12.4 Å². The number of benzene rings is 2. The Kier molecular flexibility index (Phi) is 8.46. The third kappa shape index (κ3) is 6.16. The predicted molar refractivity (Wildman–Crippen MR) is 127 cm³/mol. The van der Waals surface area contributed by atoms with E-state index in [1.807, 2.05) is 43.3 Å². The number of halogens is 2. The van der Waals surface area contributed by atoms with Gasteiger partial charge in [-0.3, -0.25) is 9.69 Å². The summed E-state index contributed by atoms with van der Waals surface area (Å²) in [7, 11) is 4.09. The fourth-order valence-electron chi connectivity index (χ4n) is 3.06. The molecular weight excluding hydrogens is 425 g/mol. The molecule has 0 fully saturated rings. The number of fused-ring (bicyclic) bond motifs is 1. The number of rotatable bonds is 7. The van der Waals surface area contributed by atoms with Crippen molar-refractivity contribution in [2.24, 2.45) is 0 Å². The number of nitrogens with zero attached hydrogens (tertiary/aromatic N) is 3. The summed E-state index contributed by atoms with van der Waals surface area (Å²) < 4.78 is 0.999. The maximum absolute atomic E-state index is 13.2. The van der Waals surface area contributed by atoms with E-state index in [1.165, 1.54) is 22.5 Å². The number of amides is 1. The highest BCUT2D eigenvalue weighted by atomic mass is 35.5. The van der Waals surface area contributed by atoms with Crippen LogP contribution in [0.15, 0.2) is 36.4 Å². The molecule has 156 valence electrons. The Morgan fingerprint density at radius 3 is 2.52 bits per heavy atom. The summed E-state index contributed by atoms with van der Waals surface area (Å²) in [5.74, 6) is 0.0761. The molecule has 0 saturated carbocycles. The molecule has 1 heterocycles. The zero-order chi connectivity index (χ0) is 20.3. The van der Waals surface area contributed by atoms with E-state index in [1.54, 1.807) is 0 Å². The monoisotopic (exact) mass is 451 g/mol. The Labute approximate surface area is 187 Å². The highest BCUT2D eigenvalue weighted by Crippen LogP contribution is 2.31. The Bertz CT molecular complexity index is 987. The highest BCUT2D eigenvalue weighted by Gasteiger charge is 2.20. The molecule has 4 nitrogen and oxygen atoms in total. The van der Waals surface area contributed by atoms with E-state index < -0.39 is 0 Å². The van der Waals surface area contributed by atoms with Crippen molar-refractivity contribution >= 4 is 56.6 Å². The van der Waals surface area contributed by atoms with E-state index in [9.17, 15) is 4.79 Å². The molecule has 0 N–H and O–H groups in total. The van der Waals surface area contributed by atoms with Crippen LogP contribution in [0.1, 0.15) is 23.1 Å². The van der Waals surface area contributed by atoms with Crippen LogP contribution in [0.2, 0.25) is 5.02 Å². The smallest absolute Gasteiger partial charge is 0.233 e. The van der Waals surface area contributed by atoms with Crippen molar-refractivity contribution < 1.29 is 4.79 Å². The molecule has 0 bridgehead atoms. The Balaban J connectivity index is 0.00000300. The van der Waals surface area contributed by atoms with Crippen LogP contribution in [0.4, 0.5) is 5.13 Å². The summed E-state index contributed by atoms with van der Waals surface area (Å²) in [6, 6.07) is 11.9. The summed E-state index contributed by atoms with van der Waals surface area (Å²) in [6.07, 6.45) is 1.27. The van der Waals surface area contributed by atoms with Gasteiger partial charge >= 0.3 is 0 Å². The van der Waals surface area contributed by atoms with E-state index in [0.717, 1.165) is 33.9 Å². The van der Waals surface area contributed by atoms with Gasteiger partial charge in [0.2, 0.25) is 5.91 Å². The predicted octanol–water partition coefficient (Wildman–Crippen LogP) is 5.52. The van der Waals surface area contributed by atoms with E-state index in [4.69, 9.17) is 16.6 Å². The molecule has 0 atom stereocenters. The van der Waals surface area contributed by atoms with Gasteiger partial charge in [-0.2, -0.15) is 0 Å². The van der Waals surface area contributed by atoms with Crippen LogP contribution < -0.4 is 4.90 Å². The van der Waals surface area contributed by atoms with Crippen molar-refractivity contribution in [1.82, 2.24) is 9.88 Å². The molecule has 1 amide bonds. The highest BCUT2D eigenvalue weighted by molar-refractivity contribution is 7.22. The lowest BCUT2D eigenvalue weighted by atomic mass is 10.0. The second-order valence-corrected chi connectivity index (χ2v) is 8.85. The van der Waals surface area contributed by atoms with Gasteiger partial charge < -0.3 is 4.90 Å².